The smallest absolute Gasteiger partial charge is 0.256 e. The van der Waals surface area contributed by atoms with Crippen LogP contribution >= 0.6 is 11.8 Å². The number of methoxy groups -OCH3 is 2. The zero-order chi connectivity index (χ0) is 17.4. The van der Waals surface area contributed by atoms with E-state index in [9.17, 15) is 0 Å². The first kappa shape index (κ1) is 15.8. The highest BCUT2D eigenvalue weighted by Gasteiger charge is 2.11. The number of aromatic nitrogens is 3. The van der Waals surface area contributed by atoms with Crippen LogP contribution in [-0.4, -0.2) is 35.0 Å². The number of hydrogen-bond donors (Lipinski definition) is 0. The van der Waals surface area contributed by atoms with E-state index in [-0.39, 0.29) is 0 Å². The fourth-order valence-electron chi connectivity index (χ4n) is 2.84. The van der Waals surface area contributed by atoms with Crippen LogP contribution in [0.4, 0.5) is 0 Å². The summed E-state index contributed by atoms with van der Waals surface area (Å²) in [7, 11) is 3.25. The molecule has 4 aromatic rings. The Kier molecular flexibility index (Phi) is 4.01. The maximum absolute atomic E-state index is 5.72. The van der Waals surface area contributed by atoms with Gasteiger partial charge in [0.05, 0.1) is 31.6 Å². The molecule has 0 atom stereocenters. The number of thioether (sulfide) groups is 1. The zero-order valence-electron chi connectivity index (χ0n) is 14.1. The van der Waals surface area contributed by atoms with Crippen molar-refractivity contribution in [2.75, 3.05) is 20.5 Å². The van der Waals surface area contributed by atoms with Crippen LogP contribution in [0.2, 0.25) is 0 Å². The van der Waals surface area contributed by atoms with Gasteiger partial charge in [0.1, 0.15) is 5.52 Å². The highest BCUT2D eigenvalue weighted by Crippen LogP contribution is 2.32. The quantitative estimate of drug-likeness (QED) is 0.505. The van der Waals surface area contributed by atoms with Gasteiger partial charge in [0.15, 0.2) is 17.1 Å². The van der Waals surface area contributed by atoms with Gasteiger partial charge in [-0.3, -0.25) is 0 Å². The zero-order valence-corrected chi connectivity index (χ0v) is 15.0. The van der Waals surface area contributed by atoms with E-state index < -0.39 is 0 Å². The average molecular weight is 355 g/mol. The van der Waals surface area contributed by atoms with Gasteiger partial charge in [0.25, 0.3) is 5.22 Å². The molecule has 0 saturated heterocycles. The van der Waals surface area contributed by atoms with Crippen molar-refractivity contribution in [3.8, 4) is 11.5 Å². The molecule has 0 N–H and O–H groups in total. The van der Waals surface area contributed by atoms with E-state index >= 15 is 0 Å². The number of oxazole rings is 1. The van der Waals surface area contributed by atoms with Crippen molar-refractivity contribution in [1.82, 2.24) is 14.5 Å². The maximum Gasteiger partial charge on any atom is 0.256 e. The average Bonchev–Trinajstić information content (AvgIpc) is 3.23. The van der Waals surface area contributed by atoms with Crippen LogP contribution in [0.25, 0.3) is 22.1 Å². The highest BCUT2D eigenvalue weighted by atomic mass is 32.2. The lowest BCUT2D eigenvalue weighted by molar-refractivity contribution is 0.355. The van der Waals surface area contributed by atoms with E-state index in [1.165, 1.54) is 11.8 Å². The van der Waals surface area contributed by atoms with Crippen LogP contribution < -0.4 is 9.47 Å². The summed E-state index contributed by atoms with van der Waals surface area (Å²) in [6, 6.07) is 9.89. The van der Waals surface area contributed by atoms with Crippen molar-refractivity contribution in [3.05, 3.63) is 42.2 Å². The maximum atomic E-state index is 5.72. The van der Waals surface area contributed by atoms with Crippen LogP contribution in [0.5, 0.6) is 11.5 Å². The van der Waals surface area contributed by atoms with E-state index in [1.54, 1.807) is 14.2 Å². The first-order valence-corrected chi connectivity index (χ1v) is 8.94. The molecule has 6 nitrogen and oxygen atoms in total. The Morgan fingerprint density at radius 1 is 1.08 bits per heavy atom. The Bertz CT molecular complexity index is 1050. The second-order valence-corrected chi connectivity index (χ2v) is 6.31. The van der Waals surface area contributed by atoms with Gasteiger partial charge in [-0.25, -0.2) is 9.97 Å². The van der Waals surface area contributed by atoms with E-state index in [2.05, 4.69) is 20.6 Å². The molecule has 0 aliphatic rings. The summed E-state index contributed by atoms with van der Waals surface area (Å²) in [6.45, 7) is 0.678. The van der Waals surface area contributed by atoms with Crippen LogP contribution in [0.1, 0.15) is 5.56 Å². The van der Waals surface area contributed by atoms with Gasteiger partial charge in [-0.05, 0) is 24.0 Å². The van der Waals surface area contributed by atoms with Crippen LogP contribution in [-0.2, 0) is 6.54 Å². The molecule has 0 aliphatic carbocycles. The van der Waals surface area contributed by atoms with Crippen molar-refractivity contribution in [3.63, 3.8) is 0 Å². The van der Waals surface area contributed by atoms with Crippen molar-refractivity contribution in [2.24, 2.45) is 0 Å². The SMILES string of the molecule is COc1cc2ncn(Cc3ccc4nc(SC)oc4c3)c2cc1OC. The standard InChI is InChI=1S/C18H17N3O3S/c1-22-16-7-13-14(8-17(16)23-2)21(10-19-13)9-11-4-5-12-15(6-11)24-18(20-12)25-3/h4-8,10H,9H2,1-3H3. The van der Waals surface area contributed by atoms with E-state index in [4.69, 9.17) is 13.9 Å². The van der Waals surface area contributed by atoms with Gasteiger partial charge in [0.2, 0.25) is 0 Å². The van der Waals surface area contributed by atoms with Crippen molar-refractivity contribution in [2.45, 2.75) is 11.8 Å². The molecule has 2 heterocycles. The Morgan fingerprint density at radius 2 is 1.88 bits per heavy atom. The molecule has 0 unspecified atom stereocenters. The van der Waals surface area contributed by atoms with Crippen molar-refractivity contribution < 1.29 is 13.9 Å². The number of nitrogens with zero attached hydrogens (tertiary/aromatic N) is 3. The molecule has 0 aliphatic heterocycles. The lowest BCUT2D eigenvalue weighted by Gasteiger charge is -2.09. The molecule has 0 amide bonds. The predicted octanol–water partition coefficient (Wildman–Crippen LogP) is 3.96. The first-order valence-electron chi connectivity index (χ1n) is 7.72. The summed E-state index contributed by atoms with van der Waals surface area (Å²) >= 11 is 1.50. The van der Waals surface area contributed by atoms with Gasteiger partial charge in [0, 0.05) is 18.7 Å². The lowest BCUT2D eigenvalue weighted by Crippen LogP contribution is -1.98. The van der Waals surface area contributed by atoms with Crippen molar-refractivity contribution >= 4 is 33.9 Å². The van der Waals surface area contributed by atoms with Gasteiger partial charge in [-0.2, -0.15) is 0 Å². The van der Waals surface area contributed by atoms with Gasteiger partial charge in [-0.1, -0.05) is 17.8 Å². The topological polar surface area (TPSA) is 62.3 Å². The summed E-state index contributed by atoms with van der Waals surface area (Å²) in [4.78, 5) is 8.87. The fraction of sp³-hybridized carbons (Fsp3) is 0.222. The molecule has 0 bridgehead atoms. The summed E-state index contributed by atoms with van der Waals surface area (Å²) in [6.07, 6.45) is 3.77. The molecule has 2 aromatic heterocycles. The lowest BCUT2D eigenvalue weighted by atomic mass is 10.2. The highest BCUT2D eigenvalue weighted by molar-refractivity contribution is 7.98. The molecule has 4 rings (SSSR count). The number of ether oxygens (including phenoxy) is 2. The van der Waals surface area contributed by atoms with Gasteiger partial charge >= 0.3 is 0 Å². The van der Waals surface area contributed by atoms with Crippen LogP contribution in [0, 0.1) is 0 Å². The molecule has 0 saturated carbocycles. The Hall–Kier alpha value is -2.67. The molecule has 7 heteroatoms. The third-order valence-electron chi connectivity index (χ3n) is 4.09. The molecule has 25 heavy (non-hydrogen) atoms. The minimum atomic E-state index is 0.674. The fourth-order valence-corrected chi connectivity index (χ4v) is 3.20. The number of rotatable bonds is 5. The minimum Gasteiger partial charge on any atom is -0.493 e. The molecule has 0 spiro atoms. The van der Waals surface area contributed by atoms with Crippen LogP contribution in [0.15, 0.2) is 46.3 Å². The van der Waals surface area contributed by atoms with Gasteiger partial charge < -0.3 is 18.5 Å². The summed E-state index contributed by atoms with van der Waals surface area (Å²) in [5.74, 6) is 1.36. The number of fused-ring (bicyclic) bond motifs is 2. The molecular formula is C18H17N3O3S. The summed E-state index contributed by atoms with van der Waals surface area (Å²) in [5, 5.41) is 0.678. The molecule has 0 fully saturated rings. The normalized spacial score (nSPS) is 11.3. The van der Waals surface area contributed by atoms with Crippen molar-refractivity contribution in [1.29, 1.82) is 0 Å². The third-order valence-corrected chi connectivity index (χ3v) is 4.61. The Labute approximate surface area is 148 Å². The monoisotopic (exact) mass is 355 g/mol. The largest absolute Gasteiger partial charge is 0.493 e. The number of hydrogen-bond acceptors (Lipinski definition) is 6. The van der Waals surface area contributed by atoms with E-state index in [0.29, 0.717) is 23.3 Å². The van der Waals surface area contributed by atoms with Gasteiger partial charge in [-0.15, -0.1) is 0 Å². The molecule has 0 radical (unpaired) electrons. The Morgan fingerprint density at radius 3 is 2.64 bits per heavy atom. The number of imidazole rings is 1. The predicted molar refractivity (Wildman–Crippen MR) is 97.7 cm³/mol. The second-order valence-electron chi connectivity index (χ2n) is 5.55. The first-order chi connectivity index (χ1) is 12.2. The molecule has 128 valence electrons. The summed E-state index contributed by atoms with van der Waals surface area (Å²) < 4.78 is 18.5. The van der Waals surface area contributed by atoms with E-state index in [0.717, 1.165) is 27.7 Å². The minimum absolute atomic E-state index is 0.674. The molecular weight excluding hydrogens is 338 g/mol. The third kappa shape index (κ3) is 2.80. The summed E-state index contributed by atoms with van der Waals surface area (Å²) in [5.41, 5.74) is 4.63. The second kappa shape index (κ2) is 6.33. The number of benzene rings is 2. The molecule has 2 aromatic carbocycles. The van der Waals surface area contributed by atoms with E-state index in [1.807, 2.05) is 36.8 Å². The van der Waals surface area contributed by atoms with Crippen LogP contribution in [0.3, 0.4) is 0 Å². The Balaban J connectivity index is 1.72.